The largest absolute Gasteiger partial charge is 0.462 e. The topological polar surface area (TPSA) is 78.9 Å². The van der Waals surface area contributed by atoms with Gasteiger partial charge in [0.1, 0.15) is 13.2 Å². The van der Waals surface area contributed by atoms with Gasteiger partial charge in [-0.3, -0.25) is 14.4 Å². The summed E-state index contributed by atoms with van der Waals surface area (Å²) in [7, 11) is 0. The Morgan fingerprint density at radius 2 is 0.643 bits per heavy atom. The Morgan fingerprint density at radius 1 is 0.357 bits per heavy atom. The third kappa shape index (κ3) is 42.8. The molecule has 0 spiro atoms. The number of rotatable bonds is 43. The number of allylic oxidation sites excluding steroid dienone is 6. The van der Waals surface area contributed by atoms with Gasteiger partial charge >= 0.3 is 17.9 Å². The molecule has 0 heterocycles. The van der Waals surface area contributed by atoms with Gasteiger partial charge in [-0.05, 0) is 70.6 Å². The van der Waals surface area contributed by atoms with Crippen LogP contribution in [0.4, 0.5) is 0 Å². The fourth-order valence-corrected chi connectivity index (χ4v) is 6.72. The molecule has 0 aromatic rings. The highest BCUT2D eigenvalue weighted by Crippen LogP contribution is 2.14. The number of hydrogen-bond acceptors (Lipinski definition) is 6. The summed E-state index contributed by atoms with van der Waals surface area (Å²) in [6.07, 6.45) is 51.3. The molecule has 0 aliphatic rings. The van der Waals surface area contributed by atoms with Crippen LogP contribution in [0.1, 0.15) is 245 Å². The molecule has 0 amide bonds. The van der Waals surface area contributed by atoms with E-state index in [0.717, 1.165) is 83.5 Å². The van der Waals surface area contributed by atoms with Gasteiger partial charge < -0.3 is 14.2 Å². The smallest absolute Gasteiger partial charge is 0.306 e. The number of unbranched alkanes of at least 4 members (excludes halogenated alkanes) is 27. The van der Waals surface area contributed by atoms with Crippen LogP contribution in [-0.2, 0) is 28.6 Å². The molecular weight excluding hydrogens is 697 g/mol. The lowest BCUT2D eigenvalue weighted by Gasteiger charge is -2.18. The highest BCUT2D eigenvalue weighted by atomic mass is 16.6. The number of ether oxygens (including phenoxy) is 3. The molecule has 0 saturated heterocycles. The maximum Gasteiger partial charge on any atom is 0.306 e. The molecule has 6 nitrogen and oxygen atoms in total. The molecule has 1 atom stereocenters. The van der Waals surface area contributed by atoms with Crippen LogP contribution in [0.25, 0.3) is 0 Å². The summed E-state index contributed by atoms with van der Waals surface area (Å²) in [5.41, 5.74) is 0. The summed E-state index contributed by atoms with van der Waals surface area (Å²) < 4.78 is 16.7. The van der Waals surface area contributed by atoms with E-state index in [0.29, 0.717) is 19.3 Å². The lowest BCUT2D eigenvalue weighted by atomic mass is 10.1. The second-order valence-electron chi connectivity index (χ2n) is 16.0. The van der Waals surface area contributed by atoms with Gasteiger partial charge in [-0.25, -0.2) is 0 Å². The summed E-state index contributed by atoms with van der Waals surface area (Å²) in [6, 6.07) is 0. The van der Waals surface area contributed by atoms with Crippen LogP contribution in [0.5, 0.6) is 0 Å². The van der Waals surface area contributed by atoms with Crippen LogP contribution in [0.2, 0.25) is 0 Å². The summed E-state index contributed by atoms with van der Waals surface area (Å²) in [6.45, 7) is 6.57. The van der Waals surface area contributed by atoms with Crippen molar-refractivity contribution < 1.29 is 28.6 Å². The van der Waals surface area contributed by atoms with E-state index in [1.54, 1.807) is 0 Å². The zero-order valence-corrected chi connectivity index (χ0v) is 37.2. The number of carbonyl (C=O) groups excluding carboxylic acids is 3. The molecule has 0 aromatic heterocycles. The van der Waals surface area contributed by atoms with E-state index in [4.69, 9.17) is 14.2 Å². The molecule has 56 heavy (non-hydrogen) atoms. The maximum absolute atomic E-state index is 12.7. The predicted molar refractivity (Wildman–Crippen MR) is 238 cm³/mol. The molecule has 0 fully saturated rings. The van der Waals surface area contributed by atoms with Crippen molar-refractivity contribution in [2.75, 3.05) is 13.2 Å². The first-order chi connectivity index (χ1) is 27.5. The highest BCUT2D eigenvalue weighted by Gasteiger charge is 2.19. The van der Waals surface area contributed by atoms with Crippen LogP contribution >= 0.6 is 0 Å². The normalized spacial score (nSPS) is 12.3. The van der Waals surface area contributed by atoms with Crippen LogP contribution < -0.4 is 0 Å². The third-order valence-electron chi connectivity index (χ3n) is 10.4. The Kier molecular flexibility index (Phi) is 43.4. The number of esters is 3. The SMILES string of the molecule is CCCCCCCC/C=C\CCCCCC(=O)OC(COC(=O)CCCCC/C=C\C=C/CCCCCCCCC)COC(=O)CCCCCCCCCCC. The van der Waals surface area contributed by atoms with E-state index < -0.39 is 6.10 Å². The first-order valence-corrected chi connectivity index (χ1v) is 24.0. The molecule has 1 unspecified atom stereocenters. The lowest BCUT2D eigenvalue weighted by molar-refractivity contribution is -0.167. The van der Waals surface area contributed by atoms with Gasteiger partial charge in [0.05, 0.1) is 0 Å². The summed E-state index contributed by atoms with van der Waals surface area (Å²) >= 11 is 0. The van der Waals surface area contributed by atoms with Gasteiger partial charge in [-0.15, -0.1) is 0 Å². The highest BCUT2D eigenvalue weighted by molar-refractivity contribution is 5.71. The zero-order chi connectivity index (χ0) is 40.8. The first kappa shape index (κ1) is 53.6. The lowest BCUT2D eigenvalue weighted by Crippen LogP contribution is -2.30. The van der Waals surface area contributed by atoms with Crippen molar-refractivity contribution in [3.05, 3.63) is 36.5 Å². The maximum atomic E-state index is 12.7. The monoisotopic (exact) mass is 787 g/mol. The molecule has 0 saturated carbocycles. The van der Waals surface area contributed by atoms with E-state index in [9.17, 15) is 14.4 Å². The predicted octanol–water partition coefficient (Wildman–Crippen LogP) is 15.4. The second-order valence-corrected chi connectivity index (χ2v) is 16.0. The first-order valence-electron chi connectivity index (χ1n) is 24.0. The molecule has 0 aromatic carbocycles. The zero-order valence-electron chi connectivity index (χ0n) is 37.2. The third-order valence-corrected chi connectivity index (χ3v) is 10.4. The minimum atomic E-state index is -0.785. The van der Waals surface area contributed by atoms with Gasteiger partial charge in [0.25, 0.3) is 0 Å². The summed E-state index contributed by atoms with van der Waals surface area (Å²) in [5.74, 6) is -0.927. The van der Waals surface area contributed by atoms with E-state index in [2.05, 4.69) is 57.2 Å². The molecular formula is C50H90O6. The molecule has 0 aliphatic heterocycles. The molecule has 6 heteroatoms. The Morgan fingerprint density at radius 3 is 1.02 bits per heavy atom. The van der Waals surface area contributed by atoms with Crippen LogP contribution in [0.15, 0.2) is 36.5 Å². The van der Waals surface area contributed by atoms with Crippen molar-refractivity contribution in [2.45, 2.75) is 252 Å². The summed E-state index contributed by atoms with van der Waals surface area (Å²) in [5, 5.41) is 0. The van der Waals surface area contributed by atoms with E-state index in [-0.39, 0.29) is 31.1 Å². The van der Waals surface area contributed by atoms with Gasteiger partial charge in [-0.2, -0.15) is 0 Å². The van der Waals surface area contributed by atoms with Gasteiger partial charge in [0.2, 0.25) is 0 Å². The van der Waals surface area contributed by atoms with Crippen LogP contribution in [0, 0.1) is 0 Å². The molecule has 326 valence electrons. The standard InChI is InChI=1S/C50H90O6/c1-4-7-10-13-16-19-21-23-24-25-27-28-31-34-37-40-43-49(52)55-46-47(45-54-48(51)42-39-36-33-30-18-15-12-9-6-3)56-50(53)44-41-38-35-32-29-26-22-20-17-14-11-8-5-2/h24-29,47H,4-23,30-46H2,1-3H3/b25-24-,28-27-,29-26-. The van der Waals surface area contributed by atoms with Gasteiger partial charge in [-0.1, -0.05) is 192 Å². The van der Waals surface area contributed by atoms with Gasteiger partial charge in [0.15, 0.2) is 6.10 Å². The molecule has 0 N–H and O–H groups in total. The molecule has 0 aliphatic carbocycles. The van der Waals surface area contributed by atoms with E-state index in [1.807, 2.05) is 0 Å². The molecule has 0 rings (SSSR count). The second kappa shape index (κ2) is 45.3. The van der Waals surface area contributed by atoms with Gasteiger partial charge in [0, 0.05) is 19.3 Å². The van der Waals surface area contributed by atoms with Crippen molar-refractivity contribution in [2.24, 2.45) is 0 Å². The Labute approximate surface area is 346 Å². The molecule has 0 bridgehead atoms. The fourth-order valence-electron chi connectivity index (χ4n) is 6.72. The van der Waals surface area contributed by atoms with Crippen molar-refractivity contribution in [1.29, 1.82) is 0 Å². The fraction of sp³-hybridized carbons (Fsp3) is 0.820. The number of carbonyl (C=O) groups is 3. The average Bonchev–Trinajstić information content (AvgIpc) is 3.19. The van der Waals surface area contributed by atoms with E-state index in [1.165, 1.54) is 122 Å². The number of hydrogen-bond donors (Lipinski definition) is 0. The van der Waals surface area contributed by atoms with E-state index >= 15 is 0 Å². The minimum Gasteiger partial charge on any atom is -0.462 e. The summed E-state index contributed by atoms with van der Waals surface area (Å²) in [4.78, 5) is 37.7. The van der Waals surface area contributed by atoms with Crippen molar-refractivity contribution in [1.82, 2.24) is 0 Å². The quantitative estimate of drug-likeness (QED) is 0.0201. The van der Waals surface area contributed by atoms with Crippen molar-refractivity contribution in [3.8, 4) is 0 Å². The average molecular weight is 787 g/mol. The minimum absolute atomic E-state index is 0.0848. The van der Waals surface area contributed by atoms with Crippen molar-refractivity contribution >= 4 is 17.9 Å². The Balaban J connectivity index is 4.39. The molecule has 0 radical (unpaired) electrons. The Bertz CT molecular complexity index is 953. The van der Waals surface area contributed by atoms with Crippen molar-refractivity contribution in [3.63, 3.8) is 0 Å². The van der Waals surface area contributed by atoms with Crippen LogP contribution in [0.3, 0.4) is 0 Å². The Hall–Kier alpha value is -2.37. The van der Waals surface area contributed by atoms with Crippen LogP contribution in [-0.4, -0.2) is 37.2 Å².